The summed E-state index contributed by atoms with van der Waals surface area (Å²) in [5.41, 5.74) is 7.97. The molecule has 1 amide bonds. The van der Waals surface area contributed by atoms with Crippen LogP contribution in [-0.2, 0) is 11.3 Å². The van der Waals surface area contributed by atoms with Crippen molar-refractivity contribution >= 4 is 5.91 Å². The zero-order chi connectivity index (χ0) is 19.1. The van der Waals surface area contributed by atoms with Gasteiger partial charge in [-0.25, -0.2) is 0 Å². The molecule has 3 unspecified atom stereocenters. The lowest BCUT2D eigenvalue weighted by Crippen LogP contribution is -2.50. The van der Waals surface area contributed by atoms with E-state index in [0.29, 0.717) is 36.4 Å². The molecule has 3 N–H and O–H groups in total. The molecule has 4 rings (SSSR count). The molecule has 1 aromatic carbocycles. The molecular formula is C21H30N2O4. The number of amides is 1. The lowest BCUT2D eigenvalue weighted by atomic mass is 9.65. The minimum Gasteiger partial charge on any atom is -0.496 e. The van der Waals surface area contributed by atoms with Gasteiger partial charge in [0, 0.05) is 29.6 Å². The van der Waals surface area contributed by atoms with Gasteiger partial charge in [-0.3, -0.25) is 4.79 Å². The number of benzene rings is 1. The van der Waals surface area contributed by atoms with Crippen molar-refractivity contribution < 1.29 is 19.4 Å². The van der Waals surface area contributed by atoms with Crippen LogP contribution in [0.25, 0.3) is 0 Å². The Morgan fingerprint density at radius 3 is 2.41 bits per heavy atom. The highest BCUT2D eigenvalue weighted by molar-refractivity contribution is 5.79. The zero-order valence-electron chi connectivity index (χ0n) is 16.2. The van der Waals surface area contributed by atoms with Crippen LogP contribution in [0.1, 0.15) is 49.3 Å². The number of nitrogens with two attached hydrogens (primary N) is 1. The molecule has 3 atom stereocenters. The molecule has 0 saturated heterocycles. The molecule has 1 aromatic rings. The van der Waals surface area contributed by atoms with E-state index in [-0.39, 0.29) is 17.9 Å². The SMILES string of the molecule is COc1ccc(OC)c2c1CN(C(=O)C1CC3CCCC(C1)C3N)CC2O. The van der Waals surface area contributed by atoms with Crippen LogP contribution in [0.4, 0.5) is 0 Å². The number of hydrogen-bond donors (Lipinski definition) is 2. The summed E-state index contributed by atoms with van der Waals surface area (Å²) >= 11 is 0. The lowest BCUT2D eigenvalue weighted by Gasteiger charge is -2.45. The topological polar surface area (TPSA) is 85.0 Å². The van der Waals surface area contributed by atoms with Crippen LogP contribution >= 0.6 is 0 Å². The first-order valence-corrected chi connectivity index (χ1v) is 9.99. The van der Waals surface area contributed by atoms with Gasteiger partial charge in [0.2, 0.25) is 5.91 Å². The number of fused-ring (bicyclic) bond motifs is 3. The molecule has 2 saturated carbocycles. The molecule has 0 spiro atoms. The van der Waals surface area contributed by atoms with Gasteiger partial charge < -0.3 is 25.2 Å². The third-order valence-electron chi connectivity index (χ3n) is 6.86. The smallest absolute Gasteiger partial charge is 0.226 e. The maximum Gasteiger partial charge on any atom is 0.226 e. The van der Waals surface area contributed by atoms with E-state index in [1.54, 1.807) is 19.1 Å². The molecule has 2 fully saturated rings. The van der Waals surface area contributed by atoms with Gasteiger partial charge in [-0.1, -0.05) is 6.42 Å². The van der Waals surface area contributed by atoms with Crippen molar-refractivity contribution in [2.45, 2.75) is 50.8 Å². The van der Waals surface area contributed by atoms with E-state index in [4.69, 9.17) is 15.2 Å². The maximum atomic E-state index is 13.3. The summed E-state index contributed by atoms with van der Waals surface area (Å²) in [6, 6.07) is 3.89. The number of aliphatic hydroxyl groups excluding tert-OH is 1. The summed E-state index contributed by atoms with van der Waals surface area (Å²) in [5, 5.41) is 10.8. The van der Waals surface area contributed by atoms with Crippen LogP contribution < -0.4 is 15.2 Å². The monoisotopic (exact) mass is 374 g/mol. The van der Waals surface area contributed by atoms with E-state index in [1.807, 2.05) is 12.1 Å². The molecule has 3 aliphatic rings. The number of nitrogens with zero attached hydrogens (tertiary/aromatic N) is 1. The average molecular weight is 374 g/mol. The largest absolute Gasteiger partial charge is 0.496 e. The molecule has 1 heterocycles. The Morgan fingerprint density at radius 1 is 1.15 bits per heavy atom. The molecule has 6 heteroatoms. The number of ether oxygens (including phenoxy) is 2. The summed E-state index contributed by atoms with van der Waals surface area (Å²) in [6.45, 7) is 0.747. The predicted octanol–water partition coefficient (Wildman–Crippen LogP) is 2.23. The highest BCUT2D eigenvalue weighted by Crippen LogP contribution is 2.44. The lowest BCUT2D eigenvalue weighted by molar-refractivity contribution is -0.141. The van der Waals surface area contributed by atoms with Gasteiger partial charge in [0.15, 0.2) is 0 Å². The minimum atomic E-state index is -0.770. The molecule has 1 aliphatic heterocycles. The normalized spacial score (nSPS) is 32.6. The number of rotatable bonds is 3. The third-order valence-corrected chi connectivity index (χ3v) is 6.86. The van der Waals surface area contributed by atoms with Crippen molar-refractivity contribution in [3.05, 3.63) is 23.3 Å². The van der Waals surface area contributed by atoms with Crippen molar-refractivity contribution in [2.24, 2.45) is 23.5 Å². The Morgan fingerprint density at radius 2 is 1.78 bits per heavy atom. The number of β-amino-alcohol motifs (C(OH)–C–C–N with tert-alkyl or cyclic N) is 1. The quantitative estimate of drug-likeness (QED) is 0.847. The van der Waals surface area contributed by atoms with Crippen LogP contribution in [0.3, 0.4) is 0 Å². The number of carbonyl (C=O) groups excluding carboxylic acids is 1. The highest BCUT2D eigenvalue weighted by atomic mass is 16.5. The van der Waals surface area contributed by atoms with E-state index in [2.05, 4.69) is 0 Å². The Labute approximate surface area is 160 Å². The fraction of sp³-hybridized carbons (Fsp3) is 0.667. The second-order valence-electron chi connectivity index (χ2n) is 8.29. The van der Waals surface area contributed by atoms with Crippen LogP contribution in [0.15, 0.2) is 12.1 Å². The van der Waals surface area contributed by atoms with Gasteiger partial charge in [-0.05, 0) is 49.7 Å². The summed E-state index contributed by atoms with van der Waals surface area (Å²) < 4.78 is 10.9. The van der Waals surface area contributed by atoms with Gasteiger partial charge in [-0.15, -0.1) is 0 Å². The standard InChI is InChI=1S/C21H30N2O4/c1-26-17-6-7-18(27-2)19-15(17)10-23(11-16(19)24)21(25)14-8-12-4-3-5-13(9-14)20(12)22/h6-7,12-14,16,20,24H,3-5,8-11,22H2,1-2H3. The first-order valence-electron chi connectivity index (χ1n) is 9.99. The fourth-order valence-electron chi connectivity index (χ4n) is 5.49. The van der Waals surface area contributed by atoms with Crippen LogP contribution in [0.2, 0.25) is 0 Å². The Balaban J connectivity index is 1.57. The van der Waals surface area contributed by atoms with Crippen molar-refractivity contribution in [3.8, 4) is 11.5 Å². The predicted molar refractivity (Wildman–Crippen MR) is 101 cm³/mol. The number of methoxy groups -OCH3 is 2. The van der Waals surface area contributed by atoms with E-state index in [0.717, 1.165) is 36.8 Å². The van der Waals surface area contributed by atoms with Crippen LogP contribution in [-0.4, -0.2) is 42.7 Å². The first-order chi connectivity index (χ1) is 13.0. The van der Waals surface area contributed by atoms with Gasteiger partial charge in [0.1, 0.15) is 17.6 Å². The summed E-state index contributed by atoms with van der Waals surface area (Å²) in [7, 11) is 3.20. The molecule has 148 valence electrons. The van der Waals surface area contributed by atoms with Crippen molar-refractivity contribution in [1.82, 2.24) is 4.90 Å². The first kappa shape index (κ1) is 18.6. The number of carbonyl (C=O) groups is 1. The minimum absolute atomic E-state index is 0.0189. The molecular weight excluding hydrogens is 344 g/mol. The molecule has 2 bridgehead atoms. The van der Waals surface area contributed by atoms with E-state index < -0.39 is 6.10 Å². The van der Waals surface area contributed by atoms with E-state index >= 15 is 0 Å². The Hall–Kier alpha value is -1.79. The number of aliphatic hydroxyl groups is 1. The summed E-state index contributed by atoms with van der Waals surface area (Å²) in [4.78, 5) is 15.1. The summed E-state index contributed by atoms with van der Waals surface area (Å²) in [5.74, 6) is 2.42. The van der Waals surface area contributed by atoms with Gasteiger partial charge >= 0.3 is 0 Å². The van der Waals surface area contributed by atoms with Crippen molar-refractivity contribution in [3.63, 3.8) is 0 Å². The summed E-state index contributed by atoms with van der Waals surface area (Å²) in [6.07, 6.45) is 4.50. The highest BCUT2D eigenvalue weighted by Gasteiger charge is 2.43. The molecule has 2 aliphatic carbocycles. The van der Waals surface area contributed by atoms with Crippen LogP contribution in [0.5, 0.6) is 11.5 Å². The van der Waals surface area contributed by atoms with Gasteiger partial charge in [-0.2, -0.15) is 0 Å². The van der Waals surface area contributed by atoms with Gasteiger partial charge in [0.25, 0.3) is 0 Å². The van der Waals surface area contributed by atoms with Gasteiger partial charge in [0.05, 0.1) is 20.8 Å². The molecule has 6 nitrogen and oxygen atoms in total. The maximum absolute atomic E-state index is 13.3. The molecule has 0 radical (unpaired) electrons. The fourth-order valence-corrected chi connectivity index (χ4v) is 5.49. The Kier molecular flexibility index (Phi) is 5.03. The van der Waals surface area contributed by atoms with E-state index in [9.17, 15) is 9.90 Å². The zero-order valence-corrected chi connectivity index (χ0v) is 16.2. The molecule has 0 aromatic heterocycles. The second-order valence-corrected chi connectivity index (χ2v) is 8.29. The van der Waals surface area contributed by atoms with E-state index in [1.165, 1.54) is 6.42 Å². The average Bonchev–Trinajstić information content (AvgIpc) is 2.66. The number of hydrogen-bond acceptors (Lipinski definition) is 5. The van der Waals surface area contributed by atoms with Crippen molar-refractivity contribution in [2.75, 3.05) is 20.8 Å². The van der Waals surface area contributed by atoms with Crippen molar-refractivity contribution in [1.29, 1.82) is 0 Å². The molecule has 27 heavy (non-hydrogen) atoms. The second kappa shape index (κ2) is 7.32. The Bertz CT molecular complexity index is 708. The third kappa shape index (κ3) is 3.19. The van der Waals surface area contributed by atoms with Crippen LogP contribution in [0, 0.1) is 17.8 Å².